The zero-order valence-corrected chi connectivity index (χ0v) is 14.9. The summed E-state index contributed by atoms with van der Waals surface area (Å²) in [6, 6.07) is 15.9. The van der Waals surface area contributed by atoms with E-state index < -0.39 is 0 Å². The zero-order valence-electron chi connectivity index (χ0n) is 14.9. The van der Waals surface area contributed by atoms with Crippen molar-refractivity contribution in [2.75, 3.05) is 11.9 Å². The van der Waals surface area contributed by atoms with Crippen LogP contribution in [0.1, 0.15) is 27.3 Å². The quantitative estimate of drug-likeness (QED) is 0.768. The smallest absolute Gasteiger partial charge is 0.272 e. The average Bonchev–Trinajstić information content (AvgIpc) is 2.66. The Kier molecular flexibility index (Phi) is 4.54. The Morgan fingerprint density at radius 1 is 1.07 bits per heavy atom. The molecule has 6 heteroatoms. The summed E-state index contributed by atoms with van der Waals surface area (Å²) in [5, 5.41) is 2.97. The van der Waals surface area contributed by atoms with Crippen molar-refractivity contribution in [2.45, 2.75) is 19.9 Å². The summed E-state index contributed by atoms with van der Waals surface area (Å²) in [7, 11) is 0. The molecule has 1 aromatic heterocycles. The van der Waals surface area contributed by atoms with E-state index >= 15 is 0 Å². The third kappa shape index (κ3) is 3.79. The van der Waals surface area contributed by atoms with Gasteiger partial charge in [0.2, 0.25) is 5.95 Å². The average molecular weight is 362 g/mol. The first-order chi connectivity index (χ1) is 13.1. The molecule has 0 aliphatic carbocycles. The molecule has 1 amide bonds. The van der Waals surface area contributed by atoms with Gasteiger partial charge >= 0.3 is 0 Å². The third-order valence-electron chi connectivity index (χ3n) is 4.57. The van der Waals surface area contributed by atoms with Crippen LogP contribution in [0.5, 0.6) is 0 Å². The summed E-state index contributed by atoms with van der Waals surface area (Å²) >= 11 is 0. The van der Waals surface area contributed by atoms with Crippen molar-refractivity contribution in [1.29, 1.82) is 0 Å². The number of halogens is 1. The Balaban J connectivity index is 1.57. The number of rotatable bonds is 3. The predicted octanol–water partition coefficient (Wildman–Crippen LogP) is 3.87. The van der Waals surface area contributed by atoms with Crippen molar-refractivity contribution >= 4 is 17.5 Å². The molecule has 0 fully saturated rings. The normalized spacial score (nSPS) is 13.2. The van der Waals surface area contributed by atoms with E-state index in [9.17, 15) is 9.18 Å². The van der Waals surface area contributed by atoms with E-state index in [1.807, 2.05) is 12.1 Å². The lowest BCUT2D eigenvalue weighted by Crippen LogP contribution is -2.36. The lowest BCUT2D eigenvalue weighted by molar-refractivity contribution is 0.0728. The van der Waals surface area contributed by atoms with Gasteiger partial charge in [0.25, 0.3) is 5.91 Å². The molecule has 0 unspecified atom stereocenters. The molecule has 0 spiro atoms. The summed E-state index contributed by atoms with van der Waals surface area (Å²) in [6.07, 6.45) is 0.834. The first-order valence-electron chi connectivity index (χ1n) is 8.83. The fourth-order valence-corrected chi connectivity index (χ4v) is 3.26. The van der Waals surface area contributed by atoms with Crippen LogP contribution in [0.25, 0.3) is 0 Å². The lowest BCUT2D eigenvalue weighted by atomic mass is 10.00. The molecule has 0 saturated carbocycles. The SMILES string of the molecule is Cc1cc(C(=O)N2CCc3ccccc3C2)nc(Nc2cccc(F)c2)n1. The third-order valence-corrected chi connectivity index (χ3v) is 4.57. The van der Waals surface area contributed by atoms with Crippen molar-refractivity contribution in [3.63, 3.8) is 0 Å². The van der Waals surface area contributed by atoms with Gasteiger partial charge < -0.3 is 10.2 Å². The molecule has 0 bridgehead atoms. The summed E-state index contributed by atoms with van der Waals surface area (Å²) in [4.78, 5) is 23.4. The Morgan fingerprint density at radius 2 is 1.89 bits per heavy atom. The van der Waals surface area contributed by atoms with Crippen molar-refractivity contribution in [3.05, 3.63) is 82.9 Å². The fraction of sp³-hybridized carbons (Fsp3) is 0.190. The van der Waals surface area contributed by atoms with E-state index in [0.717, 1.165) is 6.42 Å². The van der Waals surface area contributed by atoms with Gasteiger partial charge in [-0.05, 0) is 48.7 Å². The Labute approximate surface area is 156 Å². The van der Waals surface area contributed by atoms with Crippen LogP contribution in [0.15, 0.2) is 54.6 Å². The minimum absolute atomic E-state index is 0.128. The van der Waals surface area contributed by atoms with E-state index in [4.69, 9.17) is 0 Å². The molecule has 27 heavy (non-hydrogen) atoms. The first kappa shape index (κ1) is 17.1. The molecule has 1 aliphatic heterocycles. The number of aromatic nitrogens is 2. The summed E-state index contributed by atoms with van der Waals surface area (Å²) in [5.41, 5.74) is 3.99. The van der Waals surface area contributed by atoms with Gasteiger partial charge in [0.15, 0.2) is 0 Å². The number of hydrogen-bond acceptors (Lipinski definition) is 4. The molecular weight excluding hydrogens is 343 g/mol. The van der Waals surface area contributed by atoms with Gasteiger partial charge in [0.05, 0.1) is 0 Å². The van der Waals surface area contributed by atoms with Gasteiger partial charge in [-0.2, -0.15) is 0 Å². The monoisotopic (exact) mass is 362 g/mol. The van der Waals surface area contributed by atoms with E-state index in [1.165, 1.54) is 23.3 Å². The fourth-order valence-electron chi connectivity index (χ4n) is 3.26. The maximum atomic E-state index is 13.4. The van der Waals surface area contributed by atoms with Crippen LogP contribution < -0.4 is 5.32 Å². The van der Waals surface area contributed by atoms with E-state index in [0.29, 0.717) is 30.2 Å². The van der Waals surface area contributed by atoms with Gasteiger partial charge in [-0.3, -0.25) is 4.79 Å². The molecule has 3 aromatic rings. The second-order valence-corrected chi connectivity index (χ2v) is 6.60. The Hall–Kier alpha value is -3.28. The highest BCUT2D eigenvalue weighted by Crippen LogP contribution is 2.21. The standard InChI is InChI=1S/C21H19FN4O/c1-14-11-19(25-21(23-14)24-18-8-4-7-17(22)12-18)20(27)26-10-9-15-5-2-3-6-16(15)13-26/h2-8,11-12H,9-10,13H2,1H3,(H,23,24,25). The highest BCUT2D eigenvalue weighted by Gasteiger charge is 2.23. The molecule has 1 N–H and O–H groups in total. The zero-order chi connectivity index (χ0) is 18.8. The van der Waals surface area contributed by atoms with Gasteiger partial charge in [-0.1, -0.05) is 30.3 Å². The number of benzene rings is 2. The van der Waals surface area contributed by atoms with E-state index in [1.54, 1.807) is 30.0 Å². The Bertz CT molecular complexity index is 1000. The number of anilines is 2. The number of nitrogens with zero attached hydrogens (tertiary/aromatic N) is 3. The number of carbonyl (C=O) groups is 1. The maximum Gasteiger partial charge on any atom is 0.272 e. The predicted molar refractivity (Wildman–Crippen MR) is 101 cm³/mol. The van der Waals surface area contributed by atoms with Crippen molar-refractivity contribution < 1.29 is 9.18 Å². The molecule has 0 atom stereocenters. The molecule has 5 nitrogen and oxygen atoms in total. The highest BCUT2D eigenvalue weighted by atomic mass is 19.1. The molecule has 4 rings (SSSR count). The first-order valence-corrected chi connectivity index (χ1v) is 8.83. The molecular formula is C21H19FN4O. The Morgan fingerprint density at radius 3 is 2.70 bits per heavy atom. The summed E-state index contributed by atoms with van der Waals surface area (Å²) in [5.74, 6) is -0.199. The second-order valence-electron chi connectivity index (χ2n) is 6.60. The number of hydrogen-bond donors (Lipinski definition) is 1. The van der Waals surface area contributed by atoms with Gasteiger partial charge in [-0.15, -0.1) is 0 Å². The molecule has 0 radical (unpaired) electrons. The highest BCUT2D eigenvalue weighted by molar-refractivity contribution is 5.93. The van der Waals surface area contributed by atoms with Crippen molar-refractivity contribution in [3.8, 4) is 0 Å². The number of fused-ring (bicyclic) bond motifs is 1. The maximum absolute atomic E-state index is 13.4. The van der Waals surface area contributed by atoms with Crippen LogP contribution in [-0.2, 0) is 13.0 Å². The minimum Gasteiger partial charge on any atom is -0.333 e. The van der Waals surface area contributed by atoms with Crippen LogP contribution in [0.3, 0.4) is 0 Å². The minimum atomic E-state index is -0.351. The molecule has 2 aromatic carbocycles. The van der Waals surface area contributed by atoms with Crippen LogP contribution >= 0.6 is 0 Å². The van der Waals surface area contributed by atoms with Crippen molar-refractivity contribution in [2.24, 2.45) is 0 Å². The molecule has 136 valence electrons. The lowest BCUT2D eigenvalue weighted by Gasteiger charge is -2.28. The van der Waals surface area contributed by atoms with Gasteiger partial charge in [0, 0.05) is 24.5 Å². The summed E-state index contributed by atoms with van der Waals surface area (Å²) in [6.45, 7) is 3.04. The van der Waals surface area contributed by atoms with Gasteiger partial charge in [0.1, 0.15) is 11.5 Å². The number of amides is 1. The topological polar surface area (TPSA) is 58.1 Å². The van der Waals surface area contributed by atoms with Crippen LogP contribution in [-0.4, -0.2) is 27.3 Å². The van der Waals surface area contributed by atoms with E-state index in [2.05, 4.69) is 27.4 Å². The van der Waals surface area contributed by atoms with Crippen LogP contribution in [0, 0.1) is 12.7 Å². The van der Waals surface area contributed by atoms with Crippen LogP contribution in [0.2, 0.25) is 0 Å². The number of nitrogens with one attached hydrogen (secondary N) is 1. The number of aryl methyl sites for hydroxylation is 1. The second kappa shape index (κ2) is 7.15. The van der Waals surface area contributed by atoms with Gasteiger partial charge in [-0.25, -0.2) is 14.4 Å². The molecule has 2 heterocycles. The van der Waals surface area contributed by atoms with Crippen molar-refractivity contribution in [1.82, 2.24) is 14.9 Å². The number of carbonyl (C=O) groups excluding carboxylic acids is 1. The molecule has 0 saturated heterocycles. The molecule has 1 aliphatic rings. The largest absolute Gasteiger partial charge is 0.333 e. The van der Waals surface area contributed by atoms with Crippen LogP contribution in [0.4, 0.5) is 16.0 Å². The summed E-state index contributed by atoms with van der Waals surface area (Å²) < 4.78 is 13.4. The van der Waals surface area contributed by atoms with E-state index in [-0.39, 0.29) is 17.7 Å².